The number of aliphatic hydroxyl groups is 1. The largest absolute Gasteiger partial charge is 0.494 e. The Morgan fingerprint density at radius 1 is 1.16 bits per heavy atom. The summed E-state index contributed by atoms with van der Waals surface area (Å²) in [4.78, 5) is 0. The highest BCUT2D eigenvalue weighted by Gasteiger charge is 2.09. The average Bonchev–Trinajstić information content (AvgIpc) is 2.40. The first-order valence-corrected chi connectivity index (χ1v) is 6.72. The minimum Gasteiger partial charge on any atom is -0.494 e. The van der Waals surface area contributed by atoms with Crippen LogP contribution in [-0.2, 0) is 6.42 Å². The molecule has 0 heterocycles. The van der Waals surface area contributed by atoms with Gasteiger partial charge in [-0.3, -0.25) is 0 Å². The van der Waals surface area contributed by atoms with E-state index >= 15 is 0 Å². The fraction of sp³-hybridized carbons (Fsp3) is 0.250. The number of halogens is 1. The van der Waals surface area contributed by atoms with E-state index < -0.39 is 6.10 Å². The van der Waals surface area contributed by atoms with Crippen LogP contribution in [0.25, 0.3) is 0 Å². The maximum absolute atomic E-state index is 10.2. The lowest BCUT2D eigenvalue weighted by Crippen LogP contribution is -2.02. The topological polar surface area (TPSA) is 29.5 Å². The van der Waals surface area contributed by atoms with Gasteiger partial charge < -0.3 is 9.84 Å². The maximum Gasteiger partial charge on any atom is 0.119 e. The molecule has 100 valence electrons. The van der Waals surface area contributed by atoms with E-state index in [1.165, 1.54) is 0 Å². The van der Waals surface area contributed by atoms with Gasteiger partial charge in [-0.15, -0.1) is 0 Å². The molecule has 0 aliphatic rings. The summed E-state index contributed by atoms with van der Waals surface area (Å²) in [5.74, 6) is 0.821. The normalized spacial score (nSPS) is 12.2. The molecule has 2 rings (SSSR count). The summed E-state index contributed by atoms with van der Waals surface area (Å²) in [6, 6.07) is 15.1. The Morgan fingerprint density at radius 3 is 2.53 bits per heavy atom. The van der Waals surface area contributed by atoms with Crippen molar-refractivity contribution < 1.29 is 9.84 Å². The highest BCUT2D eigenvalue weighted by Crippen LogP contribution is 2.22. The molecule has 1 N–H and O–H groups in total. The Labute approximate surface area is 118 Å². The first-order chi connectivity index (χ1) is 9.19. The third kappa shape index (κ3) is 3.98. The summed E-state index contributed by atoms with van der Waals surface area (Å²) < 4.78 is 5.38. The van der Waals surface area contributed by atoms with Crippen molar-refractivity contribution in [3.05, 3.63) is 64.7 Å². The molecule has 0 bridgehead atoms. The van der Waals surface area contributed by atoms with Gasteiger partial charge in [0.25, 0.3) is 0 Å². The summed E-state index contributed by atoms with van der Waals surface area (Å²) in [6.45, 7) is 2.59. The molecule has 2 aromatic rings. The molecule has 2 nitrogen and oxygen atoms in total. The zero-order valence-corrected chi connectivity index (χ0v) is 11.6. The van der Waals surface area contributed by atoms with Crippen molar-refractivity contribution in [3.63, 3.8) is 0 Å². The van der Waals surface area contributed by atoms with E-state index in [9.17, 15) is 5.11 Å². The van der Waals surface area contributed by atoms with E-state index in [2.05, 4.69) is 0 Å². The molecule has 1 unspecified atom stereocenters. The number of aliphatic hydroxyl groups excluding tert-OH is 1. The third-order valence-corrected chi connectivity index (χ3v) is 3.13. The Bertz CT molecular complexity index is 523. The summed E-state index contributed by atoms with van der Waals surface area (Å²) in [5, 5.41) is 10.9. The quantitative estimate of drug-likeness (QED) is 0.894. The summed E-state index contributed by atoms with van der Waals surface area (Å²) in [6.07, 6.45) is 0.0169. The molecule has 3 heteroatoms. The molecule has 2 aromatic carbocycles. The molecule has 0 fully saturated rings. The first-order valence-electron chi connectivity index (χ1n) is 6.34. The molecule has 0 aromatic heterocycles. The zero-order chi connectivity index (χ0) is 13.7. The van der Waals surface area contributed by atoms with Crippen molar-refractivity contribution in [2.75, 3.05) is 6.61 Å². The van der Waals surface area contributed by atoms with Crippen molar-refractivity contribution in [2.45, 2.75) is 19.4 Å². The fourth-order valence-electron chi connectivity index (χ4n) is 1.96. The van der Waals surface area contributed by atoms with Crippen molar-refractivity contribution in [2.24, 2.45) is 0 Å². The van der Waals surface area contributed by atoms with E-state index in [1.807, 2.05) is 55.5 Å². The Hall–Kier alpha value is -1.51. The van der Waals surface area contributed by atoms with E-state index in [-0.39, 0.29) is 0 Å². The van der Waals surface area contributed by atoms with Crippen LogP contribution in [0.5, 0.6) is 5.75 Å². The fourth-order valence-corrected chi connectivity index (χ4v) is 2.17. The van der Waals surface area contributed by atoms with Gasteiger partial charge in [0.1, 0.15) is 5.75 Å². The average molecular weight is 277 g/mol. The lowest BCUT2D eigenvalue weighted by Gasteiger charge is -2.12. The molecule has 19 heavy (non-hydrogen) atoms. The monoisotopic (exact) mass is 276 g/mol. The number of rotatable bonds is 5. The second kappa shape index (κ2) is 6.60. The molecule has 1 atom stereocenters. The molecular formula is C16H17ClO2. The summed E-state index contributed by atoms with van der Waals surface area (Å²) in [7, 11) is 0. The van der Waals surface area contributed by atoms with Crippen LogP contribution in [-0.4, -0.2) is 11.7 Å². The lowest BCUT2D eigenvalue weighted by molar-refractivity contribution is 0.178. The number of benzene rings is 2. The van der Waals surface area contributed by atoms with Gasteiger partial charge in [-0.05, 0) is 42.3 Å². The summed E-state index contributed by atoms with van der Waals surface area (Å²) >= 11 is 5.93. The van der Waals surface area contributed by atoms with Crippen LogP contribution in [0.15, 0.2) is 48.5 Å². The van der Waals surface area contributed by atoms with Crippen LogP contribution in [0.3, 0.4) is 0 Å². The van der Waals surface area contributed by atoms with Gasteiger partial charge in [-0.2, -0.15) is 0 Å². The zero-order valence-electron chi connectivity index (χ0n) is 10.8. The molecule has 0 radical (unpaired) electrons. The molecule has 0 amide bonds. The number of hydrogen-bond donors (Lipinski definition) is 1. The smallest absolute Gasteiger partial charge is 0.119 e. The van der Waals surface area contributed by atoms with Gasteiger partial charge in [0, 0.05) is 11.4 Å². The van der Waals surface area contributed by atoms with Gasteiger partial charge in [-0.1, -0.05) is 35.9 Å². The molecule has 0 spiro atoms. The van der Waals surface area contributed by atoms with Gasteiger partial charge in [0.2, 0.25) is 0 Å². The summed E-state index contributed by atoms with van der Waals surface area (Å²) in [5.41, 5.74) is 1.90. The van der Waals surface area contributed by atoms with Crippen LogP contribution in [0.4, 0.5) is 0 Å². The maximum atomic E-state index is 10.2. The molecule has 0 aliphatic carbocycles. The standard InChI is InChI=1S/C16H17ClO2/c1-2-19-15-8-6-13(7-9-15)16(18)11-12-4-3-5-14(17)10-12/h3-10,16,18H,2,11H2,1H3. The predicted molar refractivity (Wildman–Crippen MR) is 77.7 cm³/mol. The van der Waals surface area contributed by atoms with Gasteiger partial charge in [-0.25, -0.2) is 0 Å². The predicted octanol–water partition coefficient (Wildman–Crippen LogP) is 4.01. The Kier molecular flexibility index (Phi) is 4.83. The highest BCUT2D eigenvalue weighted by molar-refractivity contribution is 6.30. The van der Waals surface area contributed by atoms with Crippen LogP contribution in [0, 0.1) is 0 Å². The lowest BCUT2D eigenvalue weighted by atomic mass is 10.0. The van der Waals surface area contributed by atoms with Gasteiger partial charge in [0.15, 0.2) is 0 Å². The van der Waals surface area contributed by atoms with Crippen molar-refractivity contribution in [1.29, 1.82) is 0 Å². The van der Waals surface area contributed by atoms with E-state index in [0.29, 0.717) is 18.1 Å². The molecular weight excluding hydrogens is 260 g/mol. The van der Waals surface area contributed by atoms with E-state index in [0.717, 1.165) is 16.9 Å². The van der Waals surface area contributed by atoms with Gasteiger partial charge >= 0.3 is 0 Å². The second-order valence-electron chi connectivity index (χ2n) is 4.35. The Morgan fingerprint density at radius 2 is 1.89 bits per heavy atom. The molecule has 0 saturated carbocycles. The molecule has 0 saturated heterocycles. The second-order valence-corrected chi connectivity index (χ2v) is 4.79. The highest BCUT2D eigenvalue weighted by atomic mass is 35.5. The minimum absolute atomic E-state index is 0.533. The minimum atomic E-state index is -0.533. The first kappa shape index (κ1) is 13.9. The van der Waals surface area contributed by atoms with Crippen LogP contribution in [0.1, 0.15) is 24.2 Å². The molecule has 0 aliphatic heterocycles. The van der Waals surface area contributed by atoms with E-state index in [1.54, 1.807) is 0 Å². The number of hydrogen-bond acceptors (Lipinski definition) is 2. The van der Waals surface area contributed by atoms with Crippen molar-refractivity contribution in [1.82, 2.24) is 0 Å². The van der Waals surface area contributed by atoms with Crippen molar-refractivity contribution >= 4 is 11.6 Å². The Balaban J connectivity index is 2.05. The van der Waals surface area contributed by atoms with Crippen LogP contribution in [0.2, 0.25) is 5.02 Å². The van der Waals surface area contributed by atoms with Crippen molar-refractivity contribution in [3.8, 4) is 5.75 Å². The third-order valence-electron chi connectivity index (χ3n) is 2.89. The van der Waals surface area contributed by atoms with Gasteiger partial charge in [0.05, 0.1) is 12.7 Å². The van der Waals surface area contributed by atoms with E-state index in [4.69, 9.17) is 16.3 Å². The number of ether oxygens (including phenoxy) is 1. The van der Waals surface area contributed by atoms with Crippen LogP contribution < -0.4 is 4.74 Å². The van der Waals surface area contributed by atoms with Crippen LogP contribution >= 0.6 is 11.6 Å². The SMILES string of the molecule is CCOc1ccc(C(O)Cc2cccc(Cl)c2)cc1.